The van der Waals surface area contributed by atoms with Gasteiger partial charge in [-0.15, -0.1) is 0 Å². The molecule has 1 heterocycles. The number of hydrogen-bond acceptors (Lipinski definition) is 4. The third kappa shape index (κ3) is 3.02. The molecule has 0 spiro atoms. The van der Waals surface area contributed by atoms with Crippen LogP contribution < -0.4 is 4.90 Å². The summed E-state index contributed by atoms with van der Waals surface area (Å²) in [5.74, 6) is -3.07. The fourth-order valence-electron chi connectivity index (χ4n) is 3.32. The molecule has 0 N–H and O–H groups in total. The minimum Gasteiger partial charge on any atom is -0.463 e. The second kappa shape index (κ2) is 7.33. The molecule has 27 heavy (non-hydrogen) atoms. The highest BCUT2D eigenvalue weighted by molar-refractivity contribution is 9.10. The number of anilines is 1. The maximum atomic E-state index is 13.1. The molecule has 0 aromatic heterocycles. The quantitative estimate of drug-likeness (QED) is 0.427. The monoisotopic (exact) mass is 426 g/mol. The average Bonchev–Trinajstić information content (AvgIpc) is 2.99. The molecule has 7 heteroatoms. The lowest BCUT2D eigenvalue weighted by Crippen LogP contribution is -2.45. The summed E-state index contributed by atoms with van der Waals surface area (Å²) in [5.41, 5.74) is -1.18. The summed E-state index contributed by atoms with van der Waals surface area (Å²) >= 11 is 3.31. The second-order valence-corrected chi connectivity index (χ2v) is 6.95. The Morgan fingerprint density at radius 2 is 1.81 bits per heavy atom. The number of amides is 2. The van der Waals surface area contributed by atoms with Gasteiger partial charge in [-0.1, -0.05) is 46.3 Å². The minimum absolute atomic E-state index is 0.249. The van der Waals surface area contributed by atoms with E-state index < -0.39 is 29.2 Å². The molecule has 2 amide bonds. The van der Waals surface area contributed by atoms with E-state index in [0.717, 1.165) is 9.37 Å². The van der Waals surface area contributed by atoms with Gasteiger partial charge in [-0.2, -0.15) is 0 Å². The number of imide groups is 1. The molecule has 6 nitrogen and oxygen atoms in total. The largest absolute Gasteiger partial charge is 0.463 e. The number of methoxy groups -OCH3 is 1. The van der Waals surface area contributed by atoms with Crippen LogP contribution >= 0.6 is 15.9 Å². The molecule has 0 bridgehead atoms. The first kappa shape index (κ1) is 18.8. The van der Waals surface area contributed by atoms with Crippen molar-refractivity contribution in [1.29, 1.82) is 0 Å². The predicted molar refractivity (Wildman–Crippen MR) is 101 cm³/mol. The molecule has 0 unspecified atom stereocenters. The summed E-state index contributed by atoms with van der Waals surface area (Å²) in [6, 6.07) is 14.9. The van der Waals surface area contributed by atoms with E-state index in [9.17, 15) is 14.4 Å². The summed E-state index contributed by atoms with van der Waals surface area (Å²) in [5, 5.41) is 0. The van der Waals surface area contributed by atoms with Crippen LogP contribution in [0.15, 0.2) is 59.1 Å². The summed E-state index contributed by atoms with van der Waals surface area (Å²) in [4.78, 5) is 43.0. The number of ether oxygens (including phenoxy) is 1. The lowest BCUT2D eigenvalue weighted by Gasteiger charge is -2.24. The minimum atomic E-state index is -1.91. The maximum Gasteiger partial charge on any atom is 0.399 e. The standard InChI is InChI=1S/C20H15BrN2O4/c1-22-20(19(26)27-2,13-6-4-3-5-7-13)16-12-17(24)23(18(16)25)15-10-8-14(21)9-11-15/h3-11,16H,12H2,2H3/t16-,20+/m0/s1. The number of rotatable bonds is 4. The number of benzene rings is 2. The van der Waals surface area contributed by atoms with Crippen molar-refractivity contribution in [2.75, 3.05) is 12.0 Å². The van der Waals surface area contributed by atoms with Crippen molar-refractivity contribution in [2.24, 2.45) is 5.92 Å². The topological polar surface area (TPSA) is 68.0 Å². The van der Waals surface area contributed by atoms with Crippen LogP contribution in [-0.4, -0.2) is 24.9 Å². The number of halogens is 1. The third-order valence-electron chi connectivity index (χ3n) is 4.62. The van der Waals surface area contributed by atoms with Crippen molar-refractivity contribution < 1.29 is 19.1 Å². The van der Waals surface area contributed by atoms with Crippen molar-refractivity contribution in [2.45, 2.75) is 12.0 Å². The Morgan fingerprint density at radius 1 is 1.19 bits per heavy atom. The molecule has 0 radical (unpaired) electrons. The number of carbonyl (C=O) groups excluding carboxylic acids is 3. The van der Waals surface area contributed by atoms with Crippen LogP contribution in [-0.2, 0) is 24.7 Å². The van der Waals surface area contributed by atoms with Crippen molar-refractivity contribution in [3.05, 3.63) is 76.1 Å². The van der Waals surface area contributed by atoms with Gasteiger partial charge in [-0.05, 0) is 24.3 Å². The van der Waals surface area contributed by atoms with Gasteiger partial charge in [0.05, 0.1) is 12.8 Å². The highest BCUT2D eigenvalue weighted by Crippen LogP contribution is 2.43. The Balaban J connectivity index is 2.10. The van der Waals surface area contributed by atoms with E-state index >= 15 is 0 Å². The fraction of sp³-hybridized carbons (Fsp3) is 0.200. The van der Waals surface area contributed by atoms with Crippen molar-refractivity contribution in [3.63, 3.8) is 0 Å². The first-order valence-corrected chi connectivity index (χ1v) is 8.90. The van der Waals surface area contributed by atoms with Crippen LogP contribution in [0, 0.1) is 12.5 Å². The van der Waals surface area contributed by atoms with Gasteiger partial charge in [0.2, 0.25) is 11.8 Å². The van der Waals surface area contributed by atoms with Crippen molar-refractivity contribution >= 4 is 39.4 Å². The number of nitrogens with zero attached hydrogens (tertiary/aromatic N) is 2. The van der Waals surface area contributed by atoms with Gasteiger partial charge in [0.25, 0.3) is 0 Å². The van der Waals surface area contributed by atoms with Crippen LogP contribution in [0.25, 0.3) is 4.85 Å². The van der Waals surface area contributed by atoms with Crippen LogP contribution in [0.5, 0.6) is 0 Å². The SMILES string of the molecule is [C-]#[N+][C@](C(=O)OC)(c1ccccc1)[C@H]1CC(=O)N(c2ccc(Br)cc2)C1=O. The van der Waals surface area contributed by atoms with Crippen LogP contribution in [0.1, 0.15) is 12.0 Å². The molecule has 1 aliphatic rings. The fourth-order valence-corrected chi connectivity index (χ4v) is 3.58. The molecule has 0 aliphatic carbocycles. The Hall–Kier alpha value is -2.98. The normalized spacial score (nSPS) is 18.7. The van der Waals surface area contributed by atoms with Gasteiger partial charge in [-0.25, -0.2) is 11.4 Å². The van der Waals surface area contributed by atoms with E-state index in [4.69, 9.17) is 11.3 Å². The molecule has 136 valence electrons. The summed E-state index contributed by atoms with van der Waals surface area (Å²) in [7, 11) is 1.17. The summed E-state index contributed by atoms with van der Waals surface area (Å²) in [6.07, 6.45) is -0.249. The molecule has 1 aliphatic heterocycles. The Bertz CT molecular complexity index is 937. The maximum absolute atomic E-state index is 13.1. The second-order valence-electron chi connectivity index (χ2n) is 6.04. The molecule has 2 aromatic carbocycles. The predicted octanol–water partition coefficient (Wildman–Crippen LogP) is 3.32. The lowest BCUT2D eigenvalue weighted by atomic mass is 9.77. The van der Waals surface area contributed by atoms with E-state index in [-0.39, 0.29) is 6.42 Å². The van der Waals surface area contributed by atoms with Crippen molar-refractivity contribution in [1.82, 2.24) is 0 Å². The van der Waals surface area contributed by atoms with Gasteiger partial charge >= 0.3 is 11.5 Å². The van der Waals surface area contributed by atoms with Gasteiger partial charge in [0.15, 0.2) is 0 Å². The summed E-state index contributed by atoms with van der Waals surface area (Å²) in [6.45, 7) is 7.73. The zero-order chi connectivity index (χ0) is 19.6. The molecule has 2 atom stereocenters. The van der Waals surface area contributed by atoms with E-state index in [0.29, 0.717) is 11.3 Å². The van der Waals surface area contributed by atoms with E-state index in [1.54, 1.807) is 54.6 Å². The zero-order valence-electron chi connectivity index (χ0n) is 14.4. The molecular weight excluding hydrogens is 412 g/mol. The number of hydrogen-bond donors (Lipinski definition) is 0. The summed E-state index contributed by atoms with van der Waals surface area (Å²) < 4.78 is 5.67. The van der Waals surface area contributed by atoms with Gasteiger partial charge in [0, 0.05) is 16.5 Å². The van der Waals surface area contributed by atoms with Crippen LogP contribution in [0.3, 0.4) is 0 Å². The third-order valence-corrected chi connectivity index (χ3v) is 5.15. The average molecular weight is 427 g/mol. The Morgan fingerprint density at radius 3 is 2.37 bits per heavy atom. The van der Waals surface area contributed by atoms with E-state index in [1.807, 2.05) is 0 Å². The first-order chi connectivity index (χ1) is 13.0. The van der Waals surface area contributed by atoms with Gasteiger partial charge < -0.3 is 4.74 Å². The molecule has 1 fully saturated rings. The van der Waals surface area contributed by atoms with E-state index in [1.165, 1.54) is 7.11 Å². The smallest absolute Gasteiger partial charge is 0.399 e. The van der Waals surface area contributed by atoms with E-state index in [2.05, 4.69) is 20.8 Å². The first-order valence-electron chi connectivity index (χ1n) is 8.10. The molecule has 1 saturated heterocycles. The van der Waals surface area contributed by atoms with Gasteiger partial charge in [0.1, 0.15) is 5.92 Å². The molecular formula is C20H15BrN2O4. The van der Waals surface area contributed by atoms with Gasteiger partial charge in [-0.3, -0.25) is 19.3 Å². The highest BCUT2D eigenvalue weighted by Gasteiger charge is 2.63. The zero-order valence-corrected chi connectivity index (χ0v) is 16.0. The van der Waals surface area contributed by atoms with Crippen LogP contribution in [0.2, 0.25) is 0 Å². The number of esters is 1. The number of carbonyl (C=O) groups is 3. The molecule has 2 aromatic rings. The lowest BCUT2D eigenvalue weighted by molar-refractivity contribution is -0.149. The highest BCUT2D eigenvalue weighted by atomic mass is 79.9. The molecule has 3 rings (SSSR count). The van der Waals surface area contributed by atoms with Crippen LogP contribution in [0.4, 0.5) is 5.69 Å². The molecule has 0 saturated carbocycles. The van der Waals surface area contributed by atoms with Crippen molar-refractivity contribution in [3.8, 4) is 0 Å². The Labute approximate surface area is 164 Å². The Kier molecular flexibility index (Phi) is 5.10.